The van der Waals surface area contributed by atoms with Crippen LogP contribution in [0.5, 0.6) is 0 Å². The number of nitrogens with one attached hydrogen (secondary N) is 1. The number of pyridine rings is 1. The fourth-order valence-corrected chi connectivity index (χ4v) is 2.42. The zero-order valence-corrected chi connectivity index (χ0v) is 11.4. The van der Waals surface area contributed by atoms with E-state index in [1.165, 1.54) is 12.1 Å². The number of aromatic nitrogens is 3. The molecule has 0 spiro atoms. The van der Waals surface area contributed by atoms with E-state index >= 15 is 0 Å². The molecule has 0 aliphatic rings. The molecule has 0 unspecified atom stereocenters. The highest BCUT2D eigenvalue weighted by Crippen LogP contribution is 2.35. The smallest absolute Gasteiger partial charge is 0.123 e. The normalized spacial score (nSPS) is 10.6. The zero-order valence-electron chi connectivity index (χ0n) is 9.77. The number of H-pyrrole nitrogens is 1. The summed E-state index contributed by atoms with van der Waals surface area (Å²) in [7, 11) is 0. The van der Waals surface area contributed by atoms with Crippen molar-refractivity contribution in [3.05, 3.63) is 59.2 Å². The van der Waals surface area contributed by atoms with E-state index in [9.17, 15) is 4.39 Å². The van der Waals surface area contributed by atoms with E-state index < -0.39 is 0 Å². The van der Waals surface area contributed by atoms with E-state index in [0.717, 1.165) is 27.0 Å². The summed E-state index contributed by atoms with van der Waals surface area (Å²) in [6.07, 6.45) is 3.45. The Balaban J connectivity index is 2.16. The molecular formula is C14H9BrFN3. The molecule has 5 heteroatoms. The van der Waals surface area contributed by atoms with Crippen molar-refractivity contribution in [1.82, 2.24) is 15.2 Å². The zero-order chi connectivity index (χ0) is 13.2. The van der Waals surface area contributed by atoms with Gasteiger partial charge in [-0.05, 0) is 57.9 Å². The lowest BCUT2D eigenvalue weighted by Crippen LogP contribution is -1.84. The minimum Gasteiger partial charge on any atom is -0.270 e. The molecule has 0 saturated carbocycles. The standard InChI is InChI=1S/C14H9BrFN3/c15-14-12(9-5-7-17-8-6-9)13(18-19-14)10-1-3-11(16)4-2-10/h1-8H,(H,18,19). The number of hydrogen-bond donors (Lipinski definition) is 1. The Morgan fingerprint density at radius 3 is 2.32 bits per heavy atom. The quantitative estimate of drug-likeness (QED) is 0.775. The van der Waals surface area contributed by atoms with Gasteiger partial charge in [0.1, 0.15) is 16.1 Å². The highest BCUT2D eigenvalue weighted by Gasteiger charge is 2.15. The maximum Gasteiger partial charge on any atom is 0.123 e. The summed E-state index contributed by atoms with van der Waals surface area (Å²) in [5.41, 5.74) is 3.57. The summed E-state index contributed by atoms with van der Waals surface area (Å²) in [4.78, 5) is 4.00. The molecule has 0 aliphatic heterocycles. The van der Waals surface area contributed by atoms with E-state index in [1.807, 2.05) is 12.1 Å². The lowest BCUT2D eigenvalue weighted by molar-refractivity contribution is 0.628. The molecule has 19 heavy (non-hydrogen) atoms. The fourth-order valence-electron chi connectivity index (χ4n) is 1.92. The number of halogens is 2. The van der Waals surface area contributed by atoms with Crippen molar-refractivity contribution in [2.75, 3.05) is 0 Å². The molecule has 94 valence electrons. The van der Waals surface area contributed by atoms with Gasteiger partial charge in [0.25, 0.3) is 0 Å². The van der Waals surface area contributed by atoms with Crippen molar-refractivity contribution in [3.63, 3.8) is 0 Å². The lowest BCUT2D eigenvalue weighted by atomic mass is 10.0. The second-order valence-electron chi connectivity index (χ2n) is 4.00. The molecule has 0 aliphatic carbocycles. The van der Waals surface area contributed by atoms with Crippen LogP contribution in [0.15, 0.2) is 53.4 Å². The third-order valence-electron chi connectivity index (χ3n) is 2.81. The van der Waals surface area contributed by atoms with Crippen molar-refractivity contribution >= 4 is 15.9 Å². The first kappa shape index (κ1) is 12.0. The maximum absolute atomic E-state index is 13.0. The summed E-state index contributed by atoms with van der Waals surface area (Å²) in [6.45, 7) is 0. The summed E-state index contributed by atoms with van der Waals surface area (Å²) in [6, 6.07) is 10.1. The Morgan fingerprint density at radius 1 is 0.947 bits per heavy atom. The Hall–Kier alpha value is -2.01. The third-order valence-corrected chi connectivity index (χ3v) is 3.38. The van der Waals surface area contributed by atoms with Crippen LogP contribution < -0.4 is 0 Å². The molecule has 2 heterocycles. The van der Waals surface area contributed by atoms with Crippen LogP contribution in [0.1, 0.15) is 0 Å². The van der Waals surface area contributed by atoms with Gasteiger partial charge in [-0.2, -0.15) is 5.10 Å². The molecule has 0 radical (unpaired) electrons. The van der Waals surface area contributed by atoms with Gasteiger partial charge < -0.3 is 0 Å². The lowest BCUT2D eigenvalue weighted by Gasteiger charge is -2.03. The molecule has 3 aromatic rings. The van der Waals surface area contributed by atoms with Crippen LogP contribution in [0.3, 0.4) is 0 Å². The van der Waals surface area contributed by atoms with Crippen LogP contribution in [0.2, 0.25) is 0 Å². The summed E-state index contributed by atoms with van der Waals surface area (Å²) < 4.78 is 13.8. The molecule has 0 fully saturated rings. The summed E-state index contributed by atoms with van der Waals surface area (Å²) in [5, 5.41) is 7.18. The van der Waals surface area contributed by atoms with Gasteiger partial charge in [0.2, 0.25) is 0 Å². The number of aromatic amines is 1. The second-order valence-corrected chi connectivity index (χ2v) is 4.80. The van der Waals surface area contributed by atoms with E-state index in [2.05, 4.69) is 31.1 Å². The van der Waals surface area contributed by atoms with Crippen molar-refractivity contribution in [3.8, 4) is 22.4 Å². The predicted molar refractivity (Wildman–Crippen MR) is 74.9 cm³/mol. The Kier molecular flexibility index (Phi) is 3.13. The van der Waals surface area contributed by atoms with Crippen molar-refractivity contribution < 1.29 is 4.39 Å². The Labute approximate surface area is 117 Å². The maximum atomic E-state index is 13.0. The topological polar surface area (TPSA) is 41.6 Å². The van der Waals surface area contributed by atoms with Crippen LogP contribution >= 0.6 is 15.9 Å². The van der Waals surface area contributed by atoms with E-state index in [1.54, 1.807) is 24.5 Å². The summed E-state index contributed by atoms with van der Waals surface area (Å²) >= 11 is 3.45. The molecular weight excluding hydrogens is 309 g/mol. The van der Waals surface area contributed by atoms with Gasteiger partial charge in [0, 0.05) is 23.5 Å². The molecule has 0 bridgehead atoms. The number of nitrogens with zero attached hydrogens (tertiary/aromatic N) is 2. The van der Waals surface area contributed by atoms with E-state index in [0.29, 0.717) is 0 Å². The van der Waals surface area contributed by atoms with Gasteiger partial charge >= 0.3 is 0 Å². The van der Waals surface area contributed by atoms with Gasteiger partial charge in [0.15, 0.2) is 0 Å². The molecule has 1 aromatic carbocycles. The molecule has 0 atom stereocenters. The van der Waals surface area contributed by atoms with Crippen molar-refractivity contribution in [2.24, 2.45) is 0 Å². The fraction of sp³-hybridized carbons (Fsp3) is 0. The largest absolute Gasteiger partial charge is 0.270 e. The van der Waals surface area contributed by atoms with Crippen LogP contribution in [0.25, 0.3) is 22.4 Å². The molecule has 3 nitrogen and oxygen atoms in total. The number of hydrogen-bond acceptors (Lipinski definition) is 2. The molecule has 2 aromatic heterocycles. The number of benzene rings is 1. The average Bonchev–Trinajstić information content (AvgIpc) is 2.82. The first-order valence-electron chi connectivity index (χ1n) is 5.66. The Morgan fingerprint density at radius 2 is 1.63 bits per heavy atom. The molecule has 0 saturated heterocycles. The third kappa shape index (κ3) is 2.29. The monoisotopic (exact) mass is 317 g/mol. The SMILES string of the molecule is Fc1ccc(-c2n[nH]c(Br)c2-c2ccncc2)cc1. The minimum absolute atomic E-state index is 0.260. The van der Waals surface area contributed by atoms with Gasteiger partial charge in [-0.3, -0.25) is 10.1 Å². The average molecular weight is 318 g/mol. The summed E-state index contributed by atoms with van der Waals surface area (Å²) in [5.74, 6) is -0.260. The highest BCUT2D eigenvalue weighted by molar-refractivity contribution is 9.10. The highest BCUT2D eigenvalue weighted by atomic mass is 79.9. The first-order valence-corrected chi connectivity index (χ1v) is 6.45. The minimum atomic E-state index is -0.260. The van der Waals surface area contributed by atoms with Crippen LogP contribution in [0, 0.1) is 5.82 Å². The van der Waals surface area contributed by atoms with Crippen LogP contribution in [-0.4, -0.2) is 15.2 Å². The van der Waals surface area contributed by atoms with Gasteiger partial charge in [-0.15, -0.1) is 0 Å². The first-order chi connectivity index (χ1) is 9.25. The van der Waals surface area contributed by atoms with Crippen molar-refractivity contribution in [1.29, 1.82) is 0 Å². The van der Waals surface area contributed by atoms with E-state index in [-0.39, 0.29) is 5.82 Å². The predicted octanol–water partition coefficient (Wildman–Crippen LogP) is 4.04. The van der Waals surface area contributed by atoms with E-state index in [4.69, 9.17) is 0 Å². The van der Waals surface area contributed by atoms with Gasteiger partial charge in [0.05, 0.1) is 0 Å². The number of rotatable bonds is 2. The molecule has 1 N–H and O–H groups in total. The van der Waals surface area contributed by atoms with Crippen LogP contribution in [0.4, 0.5) is 4.39 Å². The second kappa shape index (κ2) is 4.93. The van der Waals surface area contributed by atoms with Crippen LogP contribution in [-0.2, 0) is 0 Å². The van der Waals surface area contributed by atoms with Gasteiger partial charge in [-0.25, -0.2) is 4.39 Å². The molecule has 3 rings (SSSR count). The van der Waals surface area contributed by atoms with Crippen molar-refractivity contribution in [2.45, 2.75) is 0 Å². The molecule has 0 amide bonds. The Bertz CT molecular complexity index is 692. The van der Waals surface area contributed by atoms with Gasteiger partial charge in [-0.1, -0.05) is 0 Å².